The normalized spacial score (nSPS) is 21.3. The van der Waals surface area contributed by atoms with Gasteiger partial charge < -0.3 is 39.0 Å². The van der Waals surface area contributed by atoms with Gasteiger partial charge in [-0.1, -0.05) is 106 Å². The van der Waals surface area contributed by atoms with E-state index in [1.807, 2.05) is 93.9 Å². The highest BCUT2D eigenvalue weighted by atomic mass is 32.2. The Morgan fingerprint density at radius 2 is 1.08 bits per heavy atom. The fourth-order valence-corrected chi connectivity index (χ4v) is 21.2. The van der Waals surface area contributed by atoms with Crippen molar-refractivity contribution in [3.63, 3.8) is 0 Å². The molecule has 4 aromatic heterocycles. The standard InChI is InChI=1S/C48H64N4O8S2.C32H38N4O6S2.C15H26O4.CH4/c1-10-12-13-14-15-16-31(21-33(53)25-47(6,7)8)45(55)52-27-34(22-39(52)40(54)26-48(24-32(48)11-2)46(56)51-62(57,58)35-17-18-35)60-42-23-37(44-50-38(28-61-44)29(3)4)49-43-30(5)41(59-9)20-19-36(42)43;1-6-19-13-32(19,31(38)36-44(39,40)21-7-8-21)14-26(37)23-11-20(15-33-23)42-28-12-24(30-35-25(16-43-30)17(2)3)34-29-18(4)27(41-5)10-9-22(28)29;1-5-6-7-8-9-10-12(14(17)18)11-13(16)19-15(2,3)4;/h10-11,19-20,23,28-29,31-32,34-35,39H,1-2,12-18,21-22,24-27H2,3-9H3,(H,51,56);6,9-10,12,16-17,19-21,23,33H,1,7-8,11,13-15H2,2-5H3,(H,36,38);5,12H,1,6-11H2,2-4H3,(H,17,18);1H4/t31-,32-,34-,39+,48-;19-,20-,23+,32-;12-;/m111./s1. The lowest BCUT2D eigenvalue weighted by Crippen LogP contribution is -2.46. The number of sulfonamides is 2. The first-order valence-electron chi connectivity index (χ1n) is 43.9. The molecule has 6 aliphatic rings. The number of amides is 3. The lowest BCUT2D eigenvalue weighted by atomic mass is 9.85. The van der Waals surface area contributed by atoms with Gasteiger partial charge in [0, 0.05) is 95.8 Å². The molecule has 10 atom stereocenters. The van der Waals surface area contributed by atoms with E-state index >= 15 is 0 Å². The number of aliphatic carboxylic acids is 1. The van der Waals surface area contributed by atoms with Crippen LogP contribution in [0.2, 0.25) is 0 Å². The number of methoxy groups -OCH3 is 2. The number of thiazole rings is 2. The molecule has 2 saturated heterocycles. The summed E-state index contributed by atoms with van der Waals surface area (Å²) in [5, 5.41) is 18.4. The molecule has 2 aliphatic heterocycles. The number of ketones is 3. The predicted molar refractivity (Wildman–Crippen MR) is 495 cm³/mol. The maximum absolute atomic E-state index is 15.0. The van der Waals surface area contributed by atoms with Crippen molar-refractivity contribution in [3.05, 3.63) is 120 Å². The molecule has 26 nitrogen and oxygen atoms in total. The number of unbranched alkanes of at least 4 members (excludes halogenated alkanes) is 6. The number of carbonyl (C=O) groups excluding carboxylic acids is 7. The molecule has 6 aromatic rings. The van der Waals surface area contributed by atoms with Gasteiger partial charge in [-0.25, -0.2) is 36.8 Å². The van der Waals surface area contributed by atoms with E-state index in [4.69, 9.17) is 48.7 Å². The van der Waals surface area contributed by atoms with Crippen LogP contribution in [-0.2, 0) is 63.1 Å². The Balaban J connectivity index is 0.000000243. The number of allylic oxidation sites excluding steroid dienone is 4. The van der Waals surface area contributed by atoms with Gasteiger partial charge in [-0.2, -0.15) is 0 Å². The maximum Gasteiger partial charge on any atom is 0.307 e. The number of pyridine rings is 2. The number of carboxylic acid groups (broad SMARTS) is 1. The summed E-state index contributed by atoms with van der Waals surface area (Å²) in [6.45, 7) is 39.2. The van der Waals surface area contributed by atoms with Crippen LogP contribution in [0.4, 0.5) is 0 Å². The Bertz CT molecular complexity index is 5230. The minimum absolute atomic E-state index is 0. The molecule has 30 heteroatoms. The van der Waals surface area contributed by atoms with Crippen LogP contribution in [0.1, 0.15) is 259 Å². The second-order valence-electron chi connectivity index (χ2n) is 37.4. The van der Waals surface area contributed by atoms with E-state index in [0.29, 0.717) is 104 Å². The number of rotatable bonds is 43. The van der Waals surface area contributed by atoms with E-state index < -0.39 is 107 Å². The van der Waals surface area contributed by atoms with Gasteiger partial charge in [0.15, 0.2) is 11.6 Å². The molecule has 4 saturated carbocycles. The molecular weight excluding hydrogens is 1680 g/mol. The van der Waals surface area contributed by atoms with E-state index in [1.165, 1.54) is 22.7 Å². The summed E-state index contributed by atoms with van der Waals surface area (Å²) >= 11 is 3.03. The Hall–Kier alpha value is -9.10. The number of aromatic nitrogens is 4. The molecule has 3 amide bonds. The van der Waals surface area contributed by atoms with E-state index in [0.717, 1.165) is 106 Å². The first kappa shape index (κ1) is 101. The smallest absolute Gasteiger partial charge is 0.307 e. The number of aryl methyl sites for hydroxylation is 2. The number of nitrogens with one attached hydrogen (secondary N) is 3. The summed E-state index contributed by atoms with van der Waals surface area (Å²) in [5.41, 5.74) is 3.22. The highest BCUT2D eigenvalue weighted by Gasteiger charge is 2.63. The van der Waals surface area contributed by atoms with Crippen molar-refractivity contribution in [1.82, 2.24) is 39.6 Å². The Labute approximate surface area is 752 Å². The number of hydrogen-bond acceptors (Lipinski definition) is 24. The minimum Gasteiger partial charge on any atom is -0.496 e. The molecule has 2 aromatic carbocycles. The second kappa shape index (κ2) is 42.9. The molecule has 688 valence electrons. The van der Waals surface area contributed by atoms with E-state index in [9.17, 15) is 55.2 Å². The van der Waals surface area contributed by atoms with Crippen LogP contribution in [0.25, 0.3) is 43.2 Å². The number of likely N-dealkylation sites (tertiary alicyclic amines) is 1. The molecule has 0 unspecified atom stereocenters. The van der Waals surface area contributed by atoms with Crippen LogP contribution >= 0.6 is 22.7 Å². The largest absolute Gasteiger partial charge is 0.496 e. The molecule has 6 fully saturated rings. The van der Waals surface area contributed by atoms with Crippen LogP contribution in [-0.4, -0.2) is 161 Å². The summed E-state index contributed by atoms with van der Waals surface area (Å²) in [6, 6.07) is 9.84. The van der Waals surface area contributed by atoms with Gasteiger partial charge in [-0.15, -0.1) is 49.0 Å². The number of fused-ring (bicyclic) bond motifs is 2. The SMILES string of the molecule is C.C=CCCCCC[C@H](CC(=O)CC(C)(C)C)C(=O)N1C[C@H](Oc2cc(-c3nc(C(C)C)cs3)nc3c(C)c(OC)ccc23)C[C@H]1C(=O)C[C@]1(C(=O)NS(=O)(=O)C2CC2)C[C@H]1C=C.C=CCCCCC[C@H](CC(=O)OC(C)(C)C)C(=O)O.C=C[C@@H]1C[C@]1(CC(=O)[C@@H]1C[C@@H](Oc2cc(-c3nc(C(C)C)cs3)nc3c(C)c(OC)ccc23)CN1)C(=O)NS(=O)(=O)C1CC1. The summed E-state index contributed by atoms with van der Waals surface area (Å²) in [5.74, 6) is -2.35. The first-order valence-corrected chi connectivity index (χ1v) is 48.7. The number of ether oxygens (including phenoxy) is 5. The highest BCUT2D eigenvalue weighted by Crippen LogP contribution is 2.58. The summed E-state index contributed by atoms with van der Waals surface area (Å²) < 4.78 is 85.0. The van der Waals surface area contributed by atoms with Crippen molar-refractivity contribution in [2.24, 2.45) is 39.9 Å². The first-order chi connectivity index (χ1) is 59.0. The fraction of sp³-hybridized carbons (Fsp3) is 0.583. The van der Waals surface area contributed by atoms with Crippen LogP contribution < -0.4 is 33.7 Å². The molecule has 4 aliphatic carbocycles. The molecule has 0 bridgehead atoms. The third-order valence-corrected chi connectivity index (χ3v) is 29.6. The summed E-state index contributed by atoms with van der Waals surface area (Å²) in [6.07, 6.45) is 17.4. The summed E-state index contributed by atoms with van der Waals surface area (Å²) in [4.78, 5) is 128. The van der Waals surface area contributed by atoms with Crippen molar-refractivity contribution in [1.29, 1.82) is 0 Å². The van der Waals surface area contributed by atoms with E-state index in [1.54, 1.807) is 52.0 Å². The van der Waals surface area contributed by atoms with Crippen LogP contribution in [0.3, 0.4) is 0 Å². The van der Waals surface area contributed by atoms with Crippen LogP contribution in [0.15, 0.2) is 97.8 Å². The molecule has 126 heavy (non-hydrogen) atoms. The van der Waals surface area contributed by atoms with Crippen molar-refractivity contribution < 1.29 is 84.0 Å². The summed E-state index contributed by atoms with van der Waals surface area (Å²) in [7, 11) is -4.34. The van der Waals surface area contributed by atoms with Crippen molar-refractivity contribution >= 4 is 112 Å². The van der Waals surface area contributed by atoms with Crippen molar-refractivity contribution in [3.8, 4) is 44.4 Å². The third-order valence-electron chi connectivity index (χ3n) is 24.2. The number of esters is 1. The number of carboxylic acids is 1. The molecule has 12 rings (SSSR count). The lowest BCUT2D eigenvalue weighted by Gasteiger charge is -2.29. The number of Topliss-reactive ketones (excluding diaryl/α,β-unsaturated/α-hetero) is 3. The zero-order valence-corrected chi connectivity index (χ0v) is 78.4. The minimum atomic E-state index is -3.87. The second-order valence-corrected chi connectivity index (χ2v) is 43.0. The molecular formula is C96H132N8O18S4. The fourth-order valence-electron chi connectivity index (χ4n) is 16.5. The van der Waals surface area contributed by atoms with Gasteiger partial charge in [0.05, 0.1) is 88.9 Å². The average molecular weight is 1810 g/mol. The predicted octanol–water partition coefficient (Wildman–Crippen LogP) is 17.9. The number of hydrogen-bond donors (Lipinski definition) is 4. The molecule has 0 radical (unpaired) electrons. The number of benzene rings is 2. The van der Waals surface area contributed by atoms with Gasteiger partial charge in [0.2, 0.25) is 37.8 Å². The zero-order chi connectivity index (χ0) is 91.4. The van der Waals surface area contributed by atoms with Crippen molar-refractivity contribution in [2.75, 3.05) is 27.3 Å². The van der Waals surface area contributed by atoms with Gasteiger partial charge in [-0.3, -0.25) is 47.8 Å². The Morgan fingerprint density at radius 1 is 0.619 bits per heavy atom. The third kappa shape index (κ3) is 25.9. The zero-order valence-electron chi connectivity index (χ0n) is 75.1. The Kier molecular flexibility index (Phi) is 34.3. The van der Waals surface area contributed by atoms with Crippen molar-refractivity contribution in [2.45, 2.75) is 290 Å². The maximum atomic E-state index is 15.0. The topological polar surface area (TPSA) is 362 Å². The van der Waals surface area contributed by atoms with Gasteiger partial charge in [0.1, 0.15) is 68.0 Å². The quantitative estimate of drug-likeness (QED) is 0.0157. The lowest BCUT2D eigenvalue weighted by molar-refractivity contribution is -0.160. The van der Waals surface area contributed by atoms with Gasteiger partial charge in [0.25, 0.3) is 0 Å². The van der Waals surface area contributed by atoms with Crippen LogP contribution in [0.5, 0.6) is 23.0 Å². The highest BCUT2D eigenvalue weighted by molar-refractivity contribution is 7.91. The molecule has 0 spiro atoms. The molecule has 6 heterocycles. The molecule has 4 N–H and O–H groups in total. The van der Waals surface area contributed by atoms with Gasteiger partial charge >= 0.3 is 11.9 Å². The van der Waals surface area contributed by atoms with Crippen LogP contribution in [0, 0.1) is 53.8 Å². The number of carbonyl (C=O) groups is 8. The monoisotopic (exact) mass is 1810 g/mol. The Morgan fingerprint density at radius 3 is 1.48 bits per heavy atom. The van der Waals surface area contributed by atoms with E-state index in [-0.39, 0.29) is 99.1 Å². The van der Waals surface area contributed by atoms with E-state index in [2.05, 4.69) is 68.8 Å². The van der Waals surface area contributed by atoms with Gasteiger partial charge in [-0.05, 0) is 165 Å². The average Bonchev–Trinajstić information content (AvgIpc) is 1.57. The number of nitrogens with zero attached hydrogens (tertiary/aromatic N) is 5.